The summed E-state index contributed by atoms with van der Waals surface area (Å²) in [5, 5.41) is 11.8. The van der Waals surface area contributed by atoms with E-state index in [0.29, 0.717) is 0 Å². The topological polar surface area (TPSA) is 51.6 Å². The van der Waals surface area contributed by atoms with Gasteiger partial charge in [-0.3, -0.25) is 9.97 Å². The van der Waals surface area contributed by atoms with Crippen LogP contribution in [0.15, 0.2) is 170 Å². The number of rotatable bonds is 4. The highest BCUT2D eigenvalue weighted by molar-refractivity contribution is 6.26. The summed E-state index contributed by atoms with van der Waals surface area (Å²) in [4.78, 5) is 20.0. The zero-order valence-corrected chi connectivity index (χ0v) is 28.0. The van der Waals surface area contributed by atoms with Crippen LogP contribution >= 0.6 is 0 Å². The van der Waals surface area contributed by atoms with E-state index in [2.05, 4.69) is 138 Å². The molecule has 0 N–H and O–H groups in total. The Hall–Kier alpha value is -7.04. The van der Waals surface area contributed by atoms with E-state index < -0.39 is 0 Å². The first-order valence-electron chi connectivity index (χ1n) is 17.5. The molecule has 0 aliphatic carbocycles. The quantitative estimate of drug-likeness (QED) is 0.176. The van der Waals surface area contributed by atoms with Crippen molar-refractivity contribution in [2.45, 2.75) is 0 Å². The molecular weight excluding hydrogens is 633 g/mol. The Kier molecular flexibility index (Phi) is 6.22. The zero-order valence-electron chi connectivity index (χ0n) is 28.0. The lowest BCUT2D eigenvalue weighted by molar-refractivity contribution is 1.31. The van der Waals surface area contributed by atoms with Crippen LogP contribution < -0.4 is 0 Å². The molecule has 0 spiro atoms. The van der Waals surface area contributed by atoms with Crippen molar-refractivity contribution in [1.82, 2.24) is 19.9 Å². The van der Waals surface area contributed by atoms with Gasteiger partial charge in [-0.1, -0.05) is 109 Å². The molecule has 4 heteroatoms. The summed E-state index contributed by atoms with van der Waals surface area (Å²) in [7, 11) is 0. The fourth-order valence-corrected chi connectivity index (χ4v) is 7.91. The van der Waals surface area contributed by atoms with Gasteiger partial charge in [0, 0.05) is 51.4 Å². The highest BCUT2D eigenvalue weighted by Gasteiger charge is 2.17. The molecule has 0 unspecified atom stereocenters. The van der Waals surface area contributed by atoms with Crippen LogP contribution in [0.1, 0.15) is 0 Å². The van der Waals surface area contributed by atoms with E-state index in [1.807, 2.05) is 36.8 Å². The second-order valence-electron chi connectivity index (χ2n) is 13.5. The van der Waals surface area contributed by atoms with Crippen LogP contribution in [0, 0.1) is 0 Å². The second kappa shape index (κ2) is 11.2. The number of benzene rings is 7. The number of hydrogen-bond donors (Lipinski definition) is 0. The summed E-state index contributed by atoms with van der Waals surface area (Å²) < 4.78 is 0. The molecule has 52 heavy (non-hydrogen) atoms. The van der Waals surface area contributed by atoms with E-state index in [0.717, 1.165) is 77.5 Å². The van der Waals surface area contributed by atoms with Gasteiger partial charge in [0.05, 0.1) is 28.1 Å². The SMILES string of the molecule is c1ccc(-c2ccc3ccc4cc(-c5cc(-c6ccc7ccncc7c6)cc(-c6cc7cccc8ccc9cccc6c9c87)n5)cnc4c3n2)cc1. The minimum atomic E-state index is 0.865. The molecule has 4 heterocycles. The van der Waals surface area contributed by atoms with Crippen molar-refractivity contribution in [3.8, 4) is 44.9 Å². The third kappa shape index (κ3) is 4.55. The maximum Gasteiger partial charge on any atom is 0.0972 e. The minimum absolute atomic E-state index is 0.865. The number of fused-ring (bicyclic) bond motifs is 4. The van der Waals surface area contributed by atoms with E-state index >= 15 is 0 Å². The molecule has 4 nitrogen and oxygen atoms in total. The van der Waals surface area contributed by atoms with Crippen molar-refractivity contribution in [1.29, 1.82) is 0 Å². The fourth-order valence-electron chi connectivity index (χ4n) is 7.91. The van der Waals surface area contributed by atoms with Crippen LogP contribution in [-0.4, -0.2) is 19.9 Å². The Morgan fingerprint density at radius 1 is 0.346 bits per heavy atom. The van der Waals surface area contributed by atoms with Gasteiger partial charge < -0.3 is 0 Å². The average Bonchev–Trinajstić information content (AvgIpc) is 3.22. The molecule has 0 bridgehead atoms. The Morgan fingerprint density at radius 2 is 1.10 bits per heavy atom. The monoisotopic (exact) mass is 660 g/mol. The van der Waals surface area contributed by atoms with E-state index in [4.69, 9.17) is 15.0 Å². The lowest BCUT2D eigenvalue weighted by Gasteiger charge is -2.16. The average molecular weight is 661 g/mol. The summed E-state index contributed by atoms with van der Waals surface area (Å²) in [6, 6.07) is 54.0. The highest BCUT2D eigenvalue weighted by Crippen LogP contribution is 2.41. The Morgan fingerprint density at radius 3 is 2.02 bits per heavy atom. The van der Waals surface area contributed by atoms with Crippen molar-refractivity contribution in [3.05, 3.63) is 170 Å². The second-order valence-corrected chi connectivity index (χ2v) is 13.5. The van der Waals surface area contributed by atoms with Gasteiger partial charge >= 0.3 is 0 Å². The Balaban J connectivity index is 1.14. The summed E-state index contributed by atoms with van der Waals surface area (Å²) in [5.74, 6) is 0. The first-order chi connectivity index (χ1) is 25.7. The number of nitrogens with zero attached hydrogens (tertiary/aromatic N) is 4. The maximum atomic E-state index is 5.43. The van der Waals surface area contributed by atoms with Crippen LogP contribution in [-0.2, 0) is 0 Å². The Labute approximate surface area is 299 Å². The van der Waals surface area contributed by atoms with Crippen molar-refractivity contribution < 1.29 is 0 Å². The largest absolute Gasteiger partial charge is 0.264 e. The molecule has 0 aliphatic heterocycles. The van der Waals surface area contributed by atoms with E-state index in [9.17, 15) is 0 Å². The third-order valence-corrected chi connectivity index (χ3v) is 10.5. The molecule has 0 amide bonds. The van der Waals surface area contributed by atoms with E-state index in [1.54, 1.807) is 0 Å². The molecule has 0 aliphatic rings. The van der Waals surface area contributed by atoms with Gasteiger partial charge in [0.15, 0.2) is 0 Å². The van der Waals surface area contributed by atoms with Gasteiger partial charge in [-0.25, -0.2) is 9.97 Å². The molecule has 0 fully saturated rings. The standard InChI is InChI=1S/C48H28N4/c1-2-6-30(7-3-1)42-19-18-33-15-17-36-23-39(28-50-47(36)48(33)52-42)43-25-37(34-16-12-29-20-21-49-27-38(29)22-34)26-44(51-43)41-24-35-10-4-8-31-13-14-32-9-5-11-40(41)46(32)45(31)35/h1-28H. The first kappa shape index (κ1) is 28.8. The molecule has 7 aromatic carbocycles. The van der Waals surface area contributed by atoms with Gasteiger partial charge in [-0.05, 0) is 91.3 Å². The van der Waals surface area contributed by atoms with Gasteiger partial charge in [-0.15, -0.1) is 0 Å². The fraction of sp³-hybridized carbons (Fsp3) is 0. The van der Waals surface area contributed by atoms with E-state index in [-0.39, 0.29) is 0 Å². The first-order valence-corrected chi connectivity index (χ1v) is 17.5. The summed E-state index contributed by atoms with van der Waals surface area (Å²) in [6.07, 6.45) is 5.72. The van der Waals surface area contributed by atoms with Crippen LogP contribution in [0.4, 0.5) is 0 Å². The number of pyridine rings is 4. The normalized spacial score (nSPS) is 11.8. The van der Waals surface area contributed by atoms with Gasteiger partial charge in [0.1, 0.15) is 0 Å². The van der Waals surface area contributed by atoms with Crippen LogP contribution in [0.5, 0.6) is 0 Å². The van der Waals surface area contributed by atoms with Gasteiger partial charge in [-0.2, -0.15) is 0 Å². The van der Waals surface area contributed by atoms with Crippen molar-refractivity contribution in [2.24, 2.45) is 0 Å². The highest BCUT2D eigenvalue weighted by atomic mass is 14.8. The third-order valence-electron chi connectivity index (χ3n) is 10.5. The zero-order chi connectivity index (χ0) is 34.2. The Bertz CT molecular complexity index is 3190. The van der Waals surface area contributed by atoms with Gasteiger partial charge in [0.25, 0.3) is 0 Å². The summed E-state index contributed by atoms with van der Waals surface area (Å²) in [5.41, 5.74) is 9.84. The number of aromatic nitrogens is 4. The predicted molar refractivity (Wildman–Crippen MR) is 216 cm³/mol. The molecule has 0 atom stereocenters. The predicted octanol–water partition coefficient (Wildman–Crippen LogP) is 12.3. The van der Waals surface area contributed by atoms with Crippen molar-refractivity contribution in [2.75, 3.05) is 0 Å². The van der Waals surface area contributed by atoms with Crippen molar-refractivity contribution in [3.63, 3.8) is 0 Å². The summed E-state index contributed by atoms with van der Waals surface area (Å²) >= 11 is 0. The lowest BCUT2D eigenvalue weighted by Crippen LogP contribution is -1.95. The molecule has 0 saturated heterocycles. The maximum absolute atomic E-state index is 5.43. The molecule has 0 radical (unpaired) electrons. The van der Waals surface area contributed by atoms with Crippen LogP contribution in [0.25, 0.3) is 110 Å². The minimum Gasteiger partial charge on any atom is -0.264 e. The molecule has 0 saturated carbocycles. The molecule has 4 aromatic heterocycles. The van der Waals surface area contributed by atoms with Crippen LogP contribution in [0.2, 0.25) is 0 Å². The van der Waals surface area contributed by atoms with E-state index in [1.165, 1.54) is 32.3 Å². The van der Waals surface area contributed by atoms with Gasteiger partial charge in [0.2, 0.25) is 0 Å². The lowest BCUT2D eigenvalue weighted by atomic mass is 9.89. The smallest absolute Gasteiger partial charge is 0.0972 e. The van der Waals surface area contributed by atoms with Crippen LogP contribution in [0.3, 0.4) is 0 Å². The number of hydrogen-bond acceptors (Lipinski definition) is 4. The van der Waals surface area contributed by atoms with Crippen molar-refractivity contribution >= 4 is 64.9 Å². The molecular formula is C48H28N4. The molecule has 11 rings (SSSR count). The molecule has 11 aromatic rings. The molecule has 240 valence electrons. The summed E-state index contributed by atoms with van der Waals surface area (Å²) in [6.45, 7) is 0.